The highest BCUT2D eigenvalue weighted by molar-refractivity contribution is 5.94. The van der Waals surface area contributed by atoms with Gasteiger partial charge in [-0.25, -0.2) is 4.39 Å². The molecule has 0 unspecified atom stereocenters. The second kappa shape index (κ2) is 7.36. The van der Waals surface area contributed by atoms with E-state index in [1.165, 1.54) is 18.2 Å². The van der Waals surface area contributed by atoms with Crippen LogP contribution in [-0.4, -0.2) is 36.9 Å². The van der Waals surface area contributed by atoms with Gasteiger partial charge in [0.25, 0.3) is 5.91 Å². The molecule has 110 valence electrons. The van der Waals surface area contributed by atoms with E-state index in [1.54, 1.807) is 6.07 Å². The molecule has 0 aliphatic carbocycles. The Hall–Kier alpha value is -1.46. The van der Waals surface area contributed by atoms with Crippen LogP contribution in [0, 0.1) is 11.7 Å². The van der Waals surface area contributed by atoms with Crippen LogP contribution in [0.5, 0.6) is 0 Å². The van der Waals surface area contributed by atoms with Crippen LogP contribution in [0.1, 0.15) is 29.6 Å². The minimum atomic E-state index is -0.431. The van der Waals surface area contributed by atoms with Crippen LogP contribution in [0.15, 0.2) is 24.3 Å². The monoisotopic (exact) mass is 281 g/mol. The number of aliphatic hydroxyl groups excluding tert-OH is 1. The van der Waals surface area contributed by atoms with Crippen molar-refractivity contribution in [2.45, 2.75) is 25.4 Å². The van der Waals surface area contributed by atoms with Crippen molar-refractivity contribution >= 4 is 5.91 Å². The molecule has 1 heterocycles. The van der Waals surface area contributed by atoms with E-state index < -0.39 is 11.9 Å². The Bertz CT molecular complexity index is 446. The van der Waals surface area contributed by atoms with Gasteiger partial charge in [-0.1, -0.05) is 6.07 Å². The van der Waals surface area contributed by atoms with Crippen LogP contribution in [0.25, 0.3) is 0 Å². The average molecular weight is 281 g/mol. The van der Waals surface area contributed by atoms with E-state index in [4.69, 9.17) is 4.74 Å². The molecule has 1 atom stereocenters. The van der Waals surface area contributed by atoms with E-state index >= 15 is 0 Å². The fourth-order valence-corrected chi connectivity index (χ4v) is 2.40. The average Bonchev–Trinajstić information content (AvgIpc) is 2.48. The van der Waals surface area contributed by atoms with Gasteiger partial charge in [-0.15, -0.1) is 0 Å². The Balaban J connectivity index is 1.73. The highest BCUT2D eigenvalue weighted by atomic mass is 19.1. The fraction of sp³-hybridized carbons (Fsp3) is 0.533. The summed E-state index contributed by atoms with van der Waals surface area (Å²) in [5.74, 6) is -0.501. The van der Waals surface area contributed by atoms with E-state index in [-0.39, 0.29) is 11.8 Å². The molecule has 1 aliphatic rings. The van der Waals surface area contributed by atoms with Gasteiger partial charge >= 0.3 is 0 Å². The van der Waals surface area contributed by atoms with Crippen molar-refractivity contribution in [3.63, 3.8) is 0 Å². The molecule has 1 fully saturated rings. The summed E-state index contributed by atoms with van der Waals surface area (Å²) in [4.78, 5) is 11.8. The fourth-order valence-electron chi connectivity index (χ4n) is 2.40. The van der Waals surface area contributed by atoms with E-state index in [2.05, 4.69) is 5.32 Å². The second-order valence-corrected chi connectivity index (χ2v) is 5.07. The summed E-state index contributed by atoms with van der Waals surface area (Å²) in [5, 5.41) is 12.7. The number of aliphatic hydroxyl groups is 1. The molecule has 1 aliphatic heterocycles. The van der Waals surface area contributed by atoms with Gasteiger partial charge in [-0.05, 0) is 43.4 Å². The standard InChI is InChI=1S/C15H20FNO3/c16-13-3-1-2-12(10-13)15(19)17-7-4-14(18)11-5-8-20-9-6-11/h1-3,10-11,14,18H,4-9H2,(H,17,19)/t14-/m1/s1. The molecule has 2 N–H and O–H groups in total. The van der Waals surface area contributed by atoms with Crippen LogP contribution >= 0.6 is 0 Å². The van der Waals surface area contributed by atoms with Crippen molar-refractivity contribution in [2.24, 2.45) is 5.92 Å². The van der Waals surface area contributed by atoms with Crippen molar-refractivity contribution in [2.75, 3.05) is 19.8 Å². The molecule has 5 heteroatoms. The molecule has 0 bridgehead atoms. The van der Waals surface area contributed by atoms with Gasteiger partial charge in [0, 0.05) is 25.3 Å². The third-order valence-electron chi connectivity index (χ3n) is 3.62. The largest absolute Gasteiger partial charge is 0.393 e. The normalized spacial score (nSPS) is 17.7. The summed E-state index contributed by atoms with van der Waals surface area (Å²) in [7, 11) is 0. The van der Waals surface area contributed by atoms with Gasteiger partial charge in [0.15, 0.2) is 0 Å². The highest BCUT2D eigenvalue weighted by Crippen LogP contribution is 2.20. The number of amides is 1. The summed E-state index contributed by atoms with van der Waals surface area (Å²) in [6.07, 6.45) is 1.80. The van der Waals surface area contributed by atoms with Crippen LogP contribution in [-0.2, 0) is 4.74 Å². The molecule has 0 saturated carbocycles. The Morgan fingerprint density at radius 3 is 2.90 bits per heavy atom. The summed E-state index contributed by atoms with van der Waals surface area (Å²) in [6, 6.07) is 5.56. The van der Waals surface area contributed by atoms with Gasteiger partial charge in [0.05, 0.1) is 6.10 Å². The molecule has 1 aromatic rings. The Morgan fingerprint density at radius 2 is 2.20 bits per heavy atom. The maximum atomic E-state index is 13.0. The Kier molecular flexibility index (Phi) is 5.49. The number of hydrogen-bond donors (Lipinski definition) is 2. The first-order valence-electron chi connectivity index (χ1n) is 6.96. The van der Waals surface area contributed by atoms with Crippen LogP contribution in [0.4, 0.5) is 4.39 Å². The Labute approximate surface area is 117 Å². The second-order valence-electron chi connectivity index (χ2n) is 5.07. The zero-order chi connectivity index (χ0) is 14.4. The predicted octanol–water partition coefficient (Wildman–Crippen LogP) is 1.73. The van der Waals surface area contributed by atoms with Crippen molar-refractivity contribution in [3.8, 4) is 0 Å². The first kappa shape index (κ1) is 14.9. The SMILES string of the molecule is O=C(NCC[C@@H](O)C1CCOCC1)c1cccc(F)c1. The van der Waals surface area contributed by atoms with Gasteiger partial charge in [-0.2, -0.15) is 0 Å². The van der Waals surface area contributed by atoms with E-state index in [1.807, 2.05) is 0 Å². The molecule has 1 saturated heterocycles. The molecule has 4 nitrogen and oxygen atoms in total. The maximum absolute atomic E-state index is 13.0. The number of carbonyl (C=O) groups is 1. The number of ether oxygens (including phenoxy) is 1. The lowest BCUT2D eigenvalue weighted by atomic mass is 9.92. The Morgan fingerprint density at radius 1 is 1.45 bits per heavy atom. The minimum absolute atomic E-state index is 0.245. The maximum Gasteiger partial charge on any atom is 0.251 e. The molecule has 1 amide bonds. The number of nitrogens with one attached hydrogen (secondary N) is 1. The molecule has 20 heavy (non-hydrogen) atoms. The van der Waals surface area contributed by atoms with Crippen LogP contribution < -0.4 is 5.32 Å². The topological polar surface area (TPSA) is 58.6 Å². The molecule has 0 radical (unpaired) electrons. The smallest absolute Gasteiger partial charge is 0.251 e. The highest BCUT2D eigenvalue weighted by Gasteiger charge is 2.21. The van der Waals surface area contributed by atoms with Crippen LogP contribution in [0.3, 0.4) is 0 Å². The third kappa shape index (κ3) is 4.28. The summed E-state index contributed by atoms with van der Waals surface area (Å²) < 4.78 is 18.2. The summed E-state index contributed by atoms with van der Waals surface area (Å²) in [6.45, 7) is 1.77. The summed E-state index contributed by atoms with van der Waals surface area (Å²) in [5.41, 5.74) is 0.297. The lowest BCUT2D eigenvalue weighted by Crippen LogP contribution is -2.32. The van der Waals surface area contributed by atoms with E-state index in [9.17, 15) is 14.3 Å². The van der Waals surface area contributed by atoms with Gasteiger partial charge in [-0.3, -0.25) is 4.79 Å². The summed E-state index contributed by atoms with van der Waals surface area (Å²) >= 11 is 0. The van der Waals surface area contributed by atoms with Gasteiger partial charge in [0.1, 0.15) is 5.82 Å². The first-order valence-corrected chi connectivity index (χ1v) is 6.96. The molecule has 2 rings (SSSR count). The number of rotatable bonds is 5. The van der Waals surface area contributed by atoms with Gasteiger partial charge < -0.3 is 15.2 Å². The predicted molar refractivity (Wildman–Crippen MR) is 72.9 cm³/mol. The molecular weight excluding hydrogens is 261 g/mol. The molecular formula is C15H20FNO3. The van der Waals surface area contributed by atoms with Crippen molar-refractivity contribution < 1.29 is 19.0 Å². The third-order valence-corrected chi connectivity index (χ3v) is 3.62. The number of hydrogen-bond acceptors (Lipinski definition) is 3. The van der Waals surface area contributed by atoms with E-state index in [0.29, 0.717) is 31.7 Å². The van der Waals surface area contributed by atoms with Crippen molar-refractivity contribution in [3.05, 3.63) is 35.6 Å². The number of halogens is 1. The number of carbonyl (C=O) groups excluding carboxylic acids is 1. The van der Waals surface area contributed by atoms with Gasteiger partial charge in [0.2, 0.25) is 0 Å². The number of benzene rings is 1. The van der Waals surface area contributed by atoms with Crippen LogP contribution in [0.2, 0.25) is 0 Å². The van der Waals surface area contributed by atoms with Crippen molar-refractivity contribution in [1.82, 2.24) is 5.32 Å². The zero-order valence-corrected chi connectivity index (χ0v) is 11.3. The molecule has 0 aromatic heterocycles. The molecule has 1 aromatic carbocycles. The lowest BCUT2D eigenvalue weighted by Gasteiger charge is -2.26. The first-order chi connectivity index (χ1) is 9.66. The minimum Gasteiger partial charge on any atom is -0.393 e. The van der Waals surface area contributed by atoms with Crippen molar-refractivity contribution in [1.29, 1.82) is 0 Å². The lowest BCUT2D eigenvalue weighted by molar-refractivity contribution is 0.00528. The molecule has 0 spiro atoms. The van der Waals surface area contributed by atoms with E-state index in [0.717, 1.165) is 12.8 Å². The quantitative estimate of drug-likeness (QED) is 0.864. The zero-order valence-electron chi connectivity index (χ0n) is 11.3.